The van der Waals surface area contributed by atoms with Gasteiger partial charge in [0.2, 0.25) is 0 Å². The van der Waals surface area contributed by atoms with E-state index in [-0.39, 0.29) is 30.4 Å². The zero-order chi connectivity index (χ0) is 22.6. The SMILES string of the molecule is Cc1ccccc1CN1C(=O)C2C(NC3N(c4cccc(C)c4C)CCCN23)N(C)C1=O. The van der Waals surface area contributed by atoms with Gasteiger partial charge < -0.3 is 9.80 Å². The number of carbonyl (C=O) groups is 2. The average molecular weight is 434 g/mol. The Morgan fingerprint density at radius 1 is 0.969 bits per heavy atom. The number of benzene rings is 2. The Hall–Kier alpha value is -2.90. The Morgan fingerprint density at radius 3 is 2.50 bits per heavy atom. The molecule has 3 aliphatic heterocycles. The van der Waals surface area contributed by atoms with Gasteiger partial charge in [0, 0.05) is 25.8 Å². The predicted molar refractivity (Wildman–Crippen MR) is 124 cm³/mol. The van der Waals surface area contributed by atoms with Gasteiger partial charge in [0.1, 0.15) is 18.5 Å². The van der Waals surface area contributed by atoms with Crippen LogP contribution >= 0.6 is 0 Å². The third-order valence-electron chi connectivity index (χ3n) is 7.35. The largest absolute Gasteiger partial charge is 0.343 e. The molecule has 5 rings (SSSR count). The maximum atomic E-state index is 13.7. The molecule has 0 bridgehead atoms. The van der Waals surface area contributed by atoms with Crippen molar-refractivity contribution in [3.63, 3.8) is 0 Å². The number of likely N-dealkylation sites (N-methyl/N-ethyl adjacent to an activating group) is 1. The first kappa shape index (κ1) is 21.0. The molecule has 0 radical (unpaired) electrons. The van der Waals surface area contributed by atoms with Crippen molar-refractivity contribution in [1.29, 1.82) is 0 Å². The fourth-order valence-corrected chi connectivity index (χ4v) is 5.32. The highest BCUT2D eigenvalue weighted by molar-refractivity contribution is 6.00. The van der Waals surface area contributed by atoms with Crippen molar-refractivity contribution in [2.75, 3.05) is 25.0 Å². The second kappa shape index (κ2) is 7.90. The lowest BCUT2D eigenvalue weighted by Gasteiger charge is -2.44. The number of hydrogen-bond acceptors (Lipinski definition) is 5. The number of urea groups is 1. The minimum atomic E-state index is -0.389. The van der Waals surface area contributed by atoms with Gasteiger partial charge >= 0.3 is 6.03 Å². The minimum Gasteiger partial charge on any atom is -0.343 e. The first-order valence-electron chi connectivity index (χ1n) is 11.4. The van der Waals surface area contributed by atoms with Crippen LogP contribution in [0.5, 0.6) is 0 Å². The van der Waals surface area contributed by atoms with Gasteiger partial charge in [-0.25, -0.2) is 4.79 Å². The van der Waals surface area contributed by atoms with E-state index in [1.54, 1.807) is 11.9 Å². The number of aryl methyl sites for hydroxylation is 2. The van der Waals surface area contributed by atoms with E-state index in [4.69, 9.17) is 0 Å². The zero-order valence-corrected chi connectivity index (χ0v) is 19.2. The number of fused-ring (bicyclic) bond motifs is 3. The lowest BCUT2D eigenvalue weighted by molar-refractivity contribution is -0.139. The van der Waals surface area contributed by atoms with Crippen LogP contribution in [0.1, 0.15) is 28.7 Å². The number of nitrogens with zero attached hydrogens (tertiary/aromatic N) is 4. The zero-order valence-electron chi connectivity index (χ0n) is 19.2. The summed E-state index contributed by atoms with van der Waals surface area (Å²) in [6.07, 6.45) is 0.521. The summed E-state index contributed by atoms with van der Waals surface area (Å²) >= 11 is 0. The van der Waals surface area contributed by atoms with Gasteiger partial charge in [-0.1, -0.05) is 36.4 Å². The van der Waals surface area contributed by atoms with E-state index >= 15 is 0 Å². The third-order valence-corrected chi connectivity index (χ3v) is 7.35. The van der Waals surface area contributed by atoms with Crippen molar-refractivity contribution in [2.45, 2.75) is 52.2 Å². The van der Waals surface area contributed by atoms with Crippen molar-refractivity contribution >= 4 is 17.6 Å². The van der Waals surface area contributed by atoms with Crippen molar-refractivity contribution < 1.29 is 9.59 Å². The summed E-state index contributed by atoms with van der Waals surface area (Å²) in [6, 6.07) is 13.7. The molecule has 0 saturated carbocycles. The molecule has 7 heteroatoms. The summed E-state index contributed by atoms with van der Waals surface area (Å²) in [7, 11) is 1.80. The first-order chi connectivity index (χ1) is 15.4. The van der Waals surface area contributed by atoms with Gasteiger partial charge in [-0.3, -0.25) is 19.9 Å². The molecule has 3 atom stereocenters. The van der Waals surface area contributed by atoms with Gasteiger partial charge in [0.25, 0.3) is 5.91 Å². The smallest absolute Gasteiger partial charge is 0.328 e. The molecule has 3 unspecified atom stereocenters. The van der Waals surface area contributed by atoms with Crippen LogP contribution in [0.25, 0.3) is 0 Å². The normalized spacial score (nSPS) is 25.9. The number of hydrogen-bond donors (Lipinski definition) is 1. The molecule has 32 heavy (non-hydrogen) atoms. The molecule has 3 fully saturated rings. The maximum absolute atomic E-state index is 13.7. The van der Waals surface area contributed by atoms with E-state index in [2.05, 4.69) is 47.2 Å². The average Bonchev–Trinajstić information content (AvgIpc) is 3.18. The standard InChI is InChI=1S/C25H31N5O2/c1-16-10-7-12-20(18(16)3)28-13-8-14-29-21-22(26-24(28)29)27(4)25(32)30(23(21)31)15-19-11-6-5-9-17(19)2/h5-7,9-12,21-22,24,26H,8,13-15H2,1-4H3. The fraction of sp³-hybridized carbons (Fsp3) is 0.440. The summed E-state index contributed by atoms with van der Waals surface area (Å²) in [6.45, 7) is 8.33. The van der Waals surface area contributed by atoms with E-state index in [9.17, 15) is 9.59 Å². The molecule has 168 valence electrons. The van der Waals surface area contributed by atoms with Crippen LogP contribution in [-0.4, -0.2) is 65.3 Å². The highest BCUT2D eigenvalue weighted by Crippen LogP contribution is 2.35. The third kappa shape index (κ3) is 3.19. The molecule has 3 amide bonds. The lowest BCUT2D eigenvalue weighted by atomic mass is 10.0. The summed E-state index contributed by atoms with van der Waals surface area (Å²) in [4.78, 5) is 34.6. The number of carbonyl (C=O) groups excluding carboxylic acids is 2. The quantitative estimate of drug-likeness (QED) is 0.807. The van der Waals surface area contributed by atoms with Gasteiger partial charge in [-0.15, -0.1) is 0 Å². The summed E-state index contributed by atoms with van der Waals surface area (Å²) in [5, 5.41) is 3.61. The molecule has 0 aliphatic carbocycles. The molecule has 3 heterocycles. The molecule has 3 aliphatic rings. The van der Waals surface area contributed by atoms with Crippen LogP contribution in [0.4, 0.5) is 10.5 Å². The van der Waals surface area contributed by atoms with E-state index in [0.29, 0.717) is 6.54 Å². The highest BCUT2D eigenvalue weighted by Gasteiger charge is 2.56. The van der Waals surface area contributed by atoms with Gasteiger partial charge in [0.05, 0.1) is 6.54 Å². The Bertz CT molecular complexity index is 1070. The first-order valence-corrected chi connectivity index (χ1v) is 11.4. The Balaban J connectivity index is 1.46. The van der Waals surface area contributed by atoms with Crippen LogP contribution in [0, 0.1) is 20.8 Å². The second-order valence-electron chi connectivity index (χ2n) is 9.18. The Morgan fingerprint density at radius 2 is 1.72 bits per heavy atom. The summed E-state index contributed by atoms with van der Waals surface area (Å²) in [5.74, 6) is -0.112. The van der Waals surface area contributed by atoms with E-state index in [1.165, 1.54) is 21.7 Å². The number of rotatable bonds is 3. The van der Waals surface area contributed by atoms with Crippen molar-refractivity contribution in [3.05, 3.63) is 64.7 Å². The van der Waals surface area contributed by atoms with Crippen molar-refractivity contribution in [2.24, 2.45) is 0 Å². The van der Waals surface area contributed by atoms with Crippen LogP contribution < -0.4 is 10.2 Å². The summed E-state index contributed by atoms with van der Waals surface area (Å²) < 4.78 is 0. The molecular formula is C25H31N5O2. The molecule has 7 nitrogen and oxygen atoms in total. The Labute approximate surface area is 189 Å². The van der Waals surface area contributed by atoms with Crippen molar-refractivity contribution in [3.8, 4) is 0 Å². The topological polar surface area (TPSA) is 59.1 Å². The van der Waals surface area contributed by atoms with E-state index in [1.807, 2.05) is 31.2 Å². The molecule has 2 aromatic rings. The van der Waals surface area contributed by atoms with Crippen LogP contribution in [-0.2, 0) is 11.3 Å². The molecule has 1 N–H and O–H groups in total. The van der Waals surface area contributed by atoms with Crippen LogP contribution in [0.15, 0.2) is 42.5 Å². The van der Waals surface area contributed by atoms with Gasteiger partial charge in [-0.05, 0) is 55.5 Å². The summed E-state index contributed by atoms with van der Waals surface area (Å²) in [5.41, 5.74) is 5.77. The molecular weight excluding hydrogens is 402 g/mol. The second-order valence-corrected chi connectivity index (χ2v) is 9.18. The predicted octanol–water partition coefficient (Wildman–Crippen LogP) is 2.80. The maximum Gasteiger partial charge on any atom is 0.328 e. The van der Waals surface area contributed by atoms with Crippen molar-refractivity contribution in [1.82, 2.24) is 20.0 Å². The van der Waals surface area contributed by atoms with E-state index in [0.717, 1.165) is 30.6 Å². The number of nitrogens with one attached hydrogen (secondary N) is 1. The number of imide groups is 1. The van der Waals surface area contributed by atoms with Crippen LogP contribution in [0.3, 0.4) is 0 Å². The van der Waals surface area contributed by atoms with Gasteiger partial charge in [0.15, 0.2) is 0 Å². The highest BCUT2D eigenvalue weighted by atomic mass is 16.2. The Kier molecular flexibility index (Phi) is 5.18. The lowest BCUT2D eigenvalue weighted by Crippen LogP contribution is -2.66. The molecule has 0 spiro atoms. The van der Waals surface area contributed by atoms with Crippen LogP contribution in [0.2, 0.25) is 0 Å². The molecule has 0 aromatic heterocycles. The van der Waals surface area contributed by atoms with Gasteiger partial charge in [-0.2, -0.15) is 0 Å². The number of anilines is 1. The molecule has 3 saturated heterocycles. The number of amides is 3. The fourth-order valence-electron chi connectivity index (χ4n) is 5.32. The monoisotopic (exact) mass is 433 g/mol. The molecule has 2 aromatic carbocycles. The minimum absolute atomic E-state index is 0.112. The van der Waals surface area contributed by atoms with E-state index < -0.39 is 0 Å².